The number of aromatic nitrogens is 1. The molecule has 0 amide bonds. The number of ether oxygens (including phenoxy) is 1. The number of hydrogen-bond donors (Lipinski definition) is 0. The minimum absolute atomic E-state index is 0.0570. The van der Waals surface area contributed by atoms with Crippen LogP contribution in [0.15, 0.2) is 36.4 Å². The summed E-state index contributed by atoms with van der Waals surface area (Å²) in [5, 5.41) is 0. The molecule has 3 nitrogen and oxygen atoms in total. The predicted molar refractivity (Wildman–Crippen MR) is 89.5 cm³/mol. The number of nitrogens with zero attached hydrogens (tertiary/aromatic N) is 1. The van der Waals surface area contributed by atoms with Gasteiger partial charge in [0.1, 0.15) is 11.9 Å². The molecule has 2 aliphatic carbocycles. The lowest BCUT2D eigenvalue weighted by molar-refractivity contribution is 0.0987. The molecule has 0 radical (unpaired) electrons. The van der Waals surface area contributed by atoms with E-state index in [1.165, 1.54) is 31.4 Å². The normalized spacial score (nSPS) is 24.5. The Hall–Kier alpha value is -2.23. The standard InChI is InChI=1S/C20H20FNO2/c1-2-18(23)13-10-17(12-6-8-14(21)9-7-12)22-19(11-13)24-20-15-4-3-5-16(15)20/h6-11,15-16,20H,2-5H2,1H3/t15-,16+,20+. The molecule has 1 aromatic heterocycles. The van der Waals surface area contributed by atoms with E-state index in [1.54, 1.807) is 24.3 Å². The van der Waals surface area contributed by atoms with Gasteiger partial charge in [0, 0.05) is 35.4 Å². The molecule has 0 aliphatic heterocycles. The van der Waals surface area contributed by atoms with E-state index in [-0.39, 0.29) is 17.7 Å². The highest BCUT2D eigenvalue weighted by Gasteiger charge is 2.55. The molecule has 2 aromatic rings. The second kappa shape index (κ2) is 6.00. The number of carbonyl (C=O) groups is 1. The summed E-state index contributed by atoms with van der Waals surface area (Å²) >= 11 is 0. The van der Waals surface area contributed by atoms with Crippen LogP contribution in [0.2, 0.25) is 0 Å². The Kier molecular flexibility index (Phi) is 3.83. The fraction of sp³-hybridized carbons (Fsp3) is 0.400. The molecule has 1 heterocycles. The zero-order chi connectivity index (χ0) is 16.7. The highest BCUT2D eigenvalue weighted by molar-refractivity contribution is 5.97. The fourth-order valence-corrected chi connectivity index (χ4v) is 3.77. The summed E-state index contributed by atoms with van der Waals surface area (Å²) in [6.45, 7) is 1.84. The van der Waals surface area contributed by atoms with Crippen molar-refractivity contribution in [1.29, 1.82) is 0 Å². The molecule has 0 spiro atoms. The third-order valence-electron chi connectivity index (χ3n) is 5.17. The van der Waals surface area contributed by atoms with Gasteiger partial charge in [-0.25, -0.2) is 9.37 Å². The van der Waals surface area contributed by atoms with Crippen LogP contribution in [-0.2, 0) is 0 Å². The fourth-order valence-electron chi connectivity index (χ4n) is 3.77. The molecule has 2 aliphatic rings. The predicted octanol–water partition coefficient (Wildman–Crippen LogP) is 4.66. The lowest BCUT2D eigenvalue weighted by Crippen LogP contribution is -2.08. The van der Waals surface area contributed by atoms with Crippen molar-refractivity contribution in [1.82, 2.24) is 4.98 Å². The maximum absolute atomic E-state index is 13.2. The van der Waals surface area contributed by atoms with Crippen molar-refractivity contribution in [3.8, 4) is 17.1 Å². The van der Waals surface area contributed by atoms with E-state index in [0.29, 0.717) is 35.4 Å². The van der Waals surface area contributed by atoms with Crippen molar-refractivity contribution in [2.75, 3.05) is 0 Å². The molecule has 1 aromatic carbocycles. The summed E-state index contributed by atoms with van der Waals surface area (Å²) in [5.41, 5.74) is 2.03. The van der Waals surface area contributed by atoms with Crippen molar-refractivity contribution in [3.63, 3.8) is 0 Å². The van der Waals surface area contributed by atoms with E-state index in [4.69, 9.17) is 4.74 Å². The number of hydrogen-bond acceptors (Lipinski definition) is 3. The number of ketones is 1. The number of pyridine rings is 1. The first-order chi connectivity index (χ1) is 11.7. The van der Waals surface area contributed by atoms with E-state index in [1.807, 2.05) is 6.92 Å². The van der Waals surface area contributed by atoms with Crippen molar-refractivity contribution >= 4 is 5.78 Å². The van der Waals surface area contributed by atoms with Gasteiger partial charge >= 0.3 is 0 Å². The van der Waals surface area contributed by atoms with E-state index in [9.17, 15) is 9.18 Å². The summed E-state index contributed by atoms with van der Waals surface area (Å²) in [6, 6.07) is 9.65. The molecule has 24 heavy (non-hydrogen) atoms. The number of rotatable bonds is 5. The average molecular weight is 325 g/mol. The molecule has 0 saturated heterocycles. The first-order valence-corrected chi connectivity index (χ1v) is 8.63. The minimum atomic E-state index is -0.290. The summed E-state index contributed by atoms with van der Waals surface area (Å²) in [6.07, 6.45) is 4.43. The van der Waals surface area contributed by atoms with E-state index >= 15 is 0 Å². The topological polar surface area (TPSA) is 39.2 Å². The van der Waals surface area contributed by atoms with Gasteiger partial charge < -0.3 is 4.74 Å². The average Bonchev–Trinajstić information content (AvgIpc) is 3.03. The maximum Gasteiger partial charge on any atom is 0.214 e. The number of halogens is 1. The van der Waals surface area contributed by atoms with Gasteiger partial charge in [-0.3, -0.25) is 4.79 Å². The maximum atomic E-state index is 13.2. The molecule has 0 N–H and O–H groups in total. The Morgan fingerprint density at radius 1 is 1.21 bits per heavy atom. The molecule has 124 valence electrons. The minimum Gasteiger partial charge on any atom is -0.474 e. The van der Waals surface area contributed by atoms with Gasteiger partial charge in [0.25, 0.3) is 0 Å². The molecule has 3 atom stereocenters. The van der Waals surface area contributed by atoms with Gasteiger partial charge in [-0.05, 0) is 43.2 Å². The number of Topliss-reactive ketones (excluding diaryl/α,β-unsaturated/α-hetero) is 1. The Bertz CT molecular complexity index is 762. The van der Waals surface area contributed by atoms with Crippen LogP contribution in [0.1, 0.15) is 43.0 Å². The van der Waals surface area contributed by atoms with Crippen molar-refractivity contribution in [3.05, 3.63) is 47.8 Å². The number of fused-ring (bicyclic) bond motifs is 1. The molecule has 2 saturated carbocycles. The summed E-state index contributed by atoms with van der Waals surface area (Å²) < 4.78 is 19.2. The van der Waals surface area contributed by atoms with Crippen LogP contribution < -0.4 is 4.74 Å². The van der Waals surface area contributed by atoms with Crippen molar-refractivity contribution < 1.29 is 13.9 Å². The SMILES string of the molecule is CCC(=O)c1cc(O[C@H]2[C@@H]3CCC[C@@H]32)nc(-c2ccc(F)cc2)c1. The van der Waals surface area contributed by atoms with E-state index in [0.717, 1.165) is 5.56 Å². The first-order valence-electron chi connectivity index (χ1n) is 8.63. The van der Waals surface area contributed by atoms with Crippen LogP contribution in [0.4, 0.5) is 4.39 Å². The van der Waals surface area contributed by atoms with E-state index in [2.05, 4.69) is 4.98 Å². The molecular weight excluding hydrogens is 305 g/mol. The monoisotopic (exact) mass is 325 g/mol. The van der Waals surface area contributed by atoms with Gasteiger partial charge in [0.15, 0.2) is 5.78 Å². The van der Waals surface area contributed by atoms with Gasteiger partial charge in [-0.2, -0.15) is 0 Å². The molecular formula is C20H20FNO2. The molecule has 2 fully saturated rings. The lowest BCUT2D eigenvalue weighted by atomic mass is 10.1. The quantitative estimate of drug-likeness (QED) is 0.751. The number of benzene rings is 1. The van der Waals surface area contributed by atoms with Crippen LogP contribution in [0.3, 0.4) is 0 Å². The van der Waals surface area contributed by atoms with Crippen molar-refractivity contribution in [2.24, 2.45) is 11.8 Å². The summed E-state index contributed by atoms with van der Waals surface area (Å²) in [4.78, 5) is 16.7. The number of carbonyl (C=O) groups excluding carboxylic acids is 1. The molecule has 0 unspecified atom stereocenters. The highest BCUT2D eigenvalue weighted by atomic mass is 19.1. The van der Waals surface area contributed by atoms with Crippen LogP contribution in [0, 0.1) is 17.7 Å². The molecule has 0 bridgehead atoms. The molecule has 4 rings (SSSR count). The van der Waals surface area contributed by atoms with Gasteiger partial charge in [0.2, 0.25) is 5.88 Å². The van der Waals surface area contributed by atoms with Crippen LogP contribution >= 0.6 is 0 Å². The van der Waals surface area contributed by atoms with Crippen LogP contribution in [-0.4, -0.2) is 16.9 Å². The third kappa shape index (κ3) is 2.81. The largest absolute Gasteiger partial charge is 0.474 e. The third-order valence-corrected chi connectivity index (χ3v) is 5.17. The second-order valence-electron chi connectivity index (χ2n) is 6.70. The second-order valence-corrected chi connectivity index (χ2v) is 6.70. The van der Waals surface area contributed by atoms with Crippen LogP contribution in [0.5, 0.6) is 5.88 Å². The summed E-state index contributed by atoms with van der Waals surface area (Å²) in [7, 11) is 0. The van der Waals surface area contributed by atoms with Gasteiger partial charge in [-0.1, -0.05) is 13.3 Å². The van der Waals surface area contributed by atoms with E-state index < -0.39 is 0 Å². The highest BCUT2D eigenvalue weighted by Crippen LogP contribution is 2.53. The first kappa shape index (κ1) is 15.3. The zero-order valence-corrected chi connectivity index (χ0v) is 13.7. The summed E-state index contributed by atoms with van der Waals surface area (Å²) in [5.74, 6) is 1.59. The van der Waals surface area contributed by atoms with Gasteiger partial charge in [0.05, 0.1) is 5.69 Å². The lowest BCUT2D eigenvalue weighted by Gasteiger charge is -2.11. The van der Waals surface area contributed by atoms with Gasteiger partial charge in [-0.15, -0.1) is 0 Å². The molecule has 4 heteroatoms. The Balaban J connectivity index is 1.66. The van der Waals surface area contributed by atoms with Crippen molar-refractivity contribution in [2.45, 2.75) is 38.7 Å². The zero-order valence-electron chi connectivity index (χ0n) is 13.7. The Labute approximate surface area is 140 Å². The Morgan fingerprint density at radius 2 is 1.92 bits per heavy atom. The van der Waals surface area contributed by atoms with Crippen LogP contribution in [0.25, 0.3) is 11.3 Å². The Morgan fingerprint density at radius 3 is 2.58 bits per heavy atom. The smallest absolute Gasteiger partial charge is 0.214 e.